The second-order valence-corrected chi connectivity index (χ2v) is 5.55. The van der Waals surface area contributed by atoms with Crippen molar-refractivity contribution in [1.82, 2.24) is 5.32 Å². The first-order valence-electron chi connectivity index (χ1n) is 7.63. The average molecular weight is 293 g/mol. The molecule has 0 radical (unpaired) electrons. The first-order chi connectivity index (χ1) is 9.93. The molecule has 0 aliphatic rings. The highest BCUT2D eigenvalue weighted by molar-refractivity contribution is 5.78. The smallest absolute Gasteiger partial charge is 0.323 e. The summed E-state index contributed by atoms with van der Waals surface area (Å²) in [6.45, 7) is 9.09. The summed E-state index contributed by atoms with van der Waals surface area (Å²) in [7, 11) is 0. The zero-order chi connectivity index (χ0) is 15.9. The summed E-state index contributed by atoms with van der Waals surface area (Å²) in [6, 6.07) is 6.10. The molecular weight excluding hydrogens is 266 g/mol. The molecule has 0 saturated heterocycles. The van der Waals surface area contributed by atoms with E-state index in [1.807, 2.05) is 39.8 Å². The van der Waals surface area contributed by atoms with Gasteiger partial charge in [-0.1, -0.05) is 19.9 Å². The van der Waals surface area contributed by atoms with E-state index in [-0.39, 0.29) is 0 Å². The fourth-order valence-corrected chi connectivity index (χ4v) is 2.64. The van der Waals surface area contributed by atoms with Gasteiger partial charge in [-0.15, -0.1) is 0 Å². The van der Waals surface area contributed by atoms with Crippen LogP contribution in [0.5, 0.6) is 5.75 Å². The predicted octanol–water partition coefficient (Wildman–Crippen LogP) is 3.31. The molecule has 0 aliphatic heterocycles. The van der Waals surface area contributed by atoms with E-state index in [9.17, 15) is 9.90 Å². The van der Waals surface area contributed by atoms with Crippen LogP contribution in [0.3, 0.4) is 0 Å². The van der Waals surface area contributed by atoms with Gasteiger partial charge in [0.2, 0.25) is 0 Å². The summed E-state index contributed by atoms with van der Waals surface area (Å²) in [6.07, 6.45) is 1.84. The predicted molar refractivity (Wildman–Crippen MR) is 85.0 cm³/mol. The molecule has 1 aromatic rings. The minimum atomic E-state index is -0.833. The molecule has 1 atom stereocenters. The van der Waals surface area contributed by atoms with Crippen molar-refractivity contribution in [1.29, 1.82) is 0 Å². The zero-order valence-electron chi connectivity index (χ0n) is 13.5. The number of aliphatic carboxylic acids is 1. The Morgan fingerprint density at radius 2 is 1.86 bits per heavy atom. The summed E-state index contributed by atoms with van der Waals surface area (Å²) in [5.74, 6) is 0.0756. The molecule has 0 aliphatic carbocycles. The Balaban J connectivity index is 2.53. The molecule has 0 aromatic heterocycles. The zero-order valence-corrected chi connectivity index (χ0v) is 13.5. The van der Waals surface area contributed by atoms with E-state index in [2.05, 4.69) is 11.4 Å². The molecule has 1 aromatic carbocycles. The molecule has 4 heteroatoms. The van der Waals surface area contributed by atoms with Crippen molar-refractivity contribution in [3.8, 4) is 5.75 Å². The van der Waals surface area contributed by atoms with Crippen molar-refractivity contribution in [2.75, 3.05) is 13.2 Å². The molecule has 0 amide bonds. The lowest BCUT2D eigenvalue weighted by atomic mass is 9.90. The number of ether oxygens (including phenoxy) is 1. The van der Waals surface area contributed by atoms with E-state index in [0.717, 1.165) is 5.75 Å². The highest BCUT2D eigenvalue weighted by Crippen LogP contribution is 2.20. The van der Waals surface area contributed by atoms with Crippen molar-refractivity contribution < 1.29 is 14.6 Å². The highest BCUT2D eigenvalue weighted by atomic mass is 16.5. The molecule has 118 valence electrons. The fourth-order valence-electron chi connectivity index (χ4n) is 2.64. The van der Waals surface area contributed by atoms with Crippen molar-refractivity contribution in [3.63, 3.8) is 0 Å². The van der Waals surface area contributed by atoms with Crippen molar-refractivity contribution in [2.45, 2.75) is 52.5 Å². The molecule has 0 fully saturated rings. The van der Waals surface area contributed by atoms with Gasteiger partial charge < -0.3 is 15.2 Å². The van der Waals surface area contributed by atoms with Gasteiger partial charge in [-0.3, -0.25) is 4.79 Å². The third kappa shape index (κ3) is 5.05. The van der Waals surface area contributed by atoms with Crippen LogP contribution in [0.1, 0.15) is 44.2 Å². The van der Waals surface area contributed by atoms with Crippen molar-refractivity contribution in [2.24, 2.45) is 0 Å². The van der Waals surface area contributed by atoms with E-state index >= 15 is 0 Å². The maximum atomic E-state index is 11.5. The summed E-state index contributed by atoms with van der Waals surface area (Å²) < 4.78 is 5.74. The monoisotopic (exact) mass is 293 g/mol. The van der Waals surface area contributed by atoms with Gasteiger partial charge in [0.1, 0.15) is 11.3 Å². The van der Waals surface area contributed by atoms with Gasteiger partial charge in [0, 0.05) is 0 Å². The minimum Gasteiger partial charge on any atom is -0.494 e. The highest BCUT2D eigenvalue weighted by Gasteiger charge is 2.34. The van der Waals surface area contributed by atoms with E-state index in [0.29, 0.717) is 32.4 Å². The molecule has 0 saturated carbocycles. The van der Waals surface area contributed by atoms with Crippen molar-refractivity contribution in [3.05, 3.63) is 29.3 Å². The number of benzene rings is 1. The summed E-state index contributed by atoms with van der Waals surface area (Å²) in [5, 5.41) is 12.5. The number of carbonyl (C=O) groups is 1. The van der Waals surface area contributed by atoms with Crippen LogP contribution in [0.4, 0.5) is 0 Å². The quantitative estimate of drug-likeness (QED) is 0.686. The molecular formula is C17H27NO3. The van der Waals surface area contributed by atoms with Crippen LogP contribution < -0.4 is 10.1 Å². The number of nitrogens with one attached hydrogen (secondary N) is 1. The first-order valence-corrected chi connectivity index (χ1v) is 7.63. The maximum absolute atomic E-state index is 11.5. The molecule has 0 bridgehead atoms. The largest absolute Gasteiger partial charge is 0.494 e. The maximum Gasteiger partial charge on any atom is 0.323 e. The number of carboxylic acids is 1. The van der Waals surface area contributed by atoms with Gasteiger partial charge in [0.15, 0.2) is 0 Å². The van der Waals surface area contributed by atoms with Crippen LogP contribution in [0.2, 0.25) is 0 Å². The van der Waals surface area contributed by atoms with Crippen LogP contribution in [-0.2, 0) is 4.79 Å². The molecule has 21 heavy (non-hydrogen) atoms. The number of hydrogen-bond acceptors (Lipinski definition) is 3. The second-order valence-electron chi connectivity index (χ2n) is 5.55. The summed E-state index contributed by atoms with van der Waals surface area (Å²) in [4.78, 5) is 11.5. The van der Waals surface area contributed by atoms with Crippen molar-refractivity contribution >= 4 is 5.97 Å². The number of carboxylic acid groups (broad SMARTS) is 1. The Morgan fingerprint density at radius 3 is 2.33 bits per heavy atom. The number of aryl methyl sites for hydroxylation is 2. The van der Waals surface area contributed by atoms with Gasteiger partial charge in [0.25, 0.3) is 0 Å². The van der Waals surface area contributed by atoms with Crippen LogP contribution in [0.25, 0.3) is 0 Å². The van der Waals surface area contributed by atoms with Crippen LogP contribution in [-0.4, -0.2) is 29.8 Å². The third-order valence-corrected chi connectivity index (χ3v) is 3.74. The Kier molecular flexibility index (Phi) is 6.69. The van der Waals surface area contributed by atoms with E-state index in [1.54, 1.807) is 0 Å². The van der Waals surface area contributed by atoms with Gasteiger partial charge in [0.05, 0.1) is 6.61 Å². The lowest BCUT2D eigenvalue weighted by Gasteiger charge is -2.29. The molecule has 0 spiro atoms. The van der Waals surface area contributed by atoms with Crippen LogP contribution >= 0.6 is 0 Å². The van der Waals surface area contributed by atoms with E-state index < -0.39 is 11.5 Å². The van der Waals surface area contributed by atoms with Crippen LogP contribution in [0, 0.1) is 13.8 Å². The lowest BCUT2D eigenvalue weighted by Crippen LogP contribution is -2.51. The van der Waals surface area contributed by atoms with Gasteiger partial charge in [-0.2, -0.15) is 0 Å². The standard InChI is InChI=1S/C17H27NO3/c1-5-17(16(19)20,18-6-2)8-7-9-21-15-11-13(3)10-14(4)12-15/h10-12,18H,5-9H2,1-4H3,(H,19,20). The summed E-state index contributed by atoms with van der Waals surface area (Å²) in [5.41, 5.74) is 1.51. The summed E-state index contributed by atoms with van der Waals surface area (Å²) >= 11 is 0. The first kappa shape index (κ1) is 17.5. The molecule has 2 N–H and O–H groups in total. The van der Waals surface area contributed by atoms with Gasteiger partial charge >= 0.3 is 5.97 Å². The Bertz CT molecular complexity index is 453. The molecule has 0 heterocycles. The third-order valence-electron chi connectivity index (χ3n) is 3.74. The number of hydrogen-bond donors (Lipinski definition) is 2. The topological polar surface area (TPSA) is 58.6 Å². The molecule has 1 unspecified atom stereocenters. The van der Waals surface area contributed by atoms with E-state index in [1.165, 1.54) is 11.1 Å². The molecule has 1 rings (SSSR count). The number of likely N-dealkylation sites (N-methyl/N-ethyl adjacent to an activating group) is 1. The average Bonchev–Trinajstić information content (AvgIpc) is 2.41. The second kappa shape index (κ2) is 8.03. The molecule has 4 nitrogen and oxygen atoms in total. The minimum absolute atomic E-state index is 0.531. The Hall–Kier alpha value is -1.55. The number of rotatable bonds is 9. The van der Waals surface area contributed by atoms with E-state index in [4.69, 9.17) is 4.74 Å². The van der Waals surface area contributed by atoms with Gasteiger partial charge in [-0.05, 0) is 62.9 Å². The lowest BCUT2D eigenvalue weighted by molar-refractivity contribution is -0.145. The normalized spacial score (nSPS) is 13.7. The van der Waals surface area contributed by atoms with Crippen LogP contribution in [0.15, 0.2) is 18.2 Å². The fraction of sp³-hybridized carbons (Fsp3) is 0.588. The Morgan fingerprint density at radius 1 is 1.24 bits per heavy atom. The Labute approximate surface area is 127 Å². The van der Waals surface area contributed by atoms with Gasteiger partial charge in [-0.25, -0.2) is 0 Å². The SMILES string of the molecule is CCNC(CC)(CCCOc1cc(C)cc(C)c1)C(=O)O.